The molecule has 1 aromatic carbocycles. The molecule has 2 aromatic heterocycles. The molecule has 6 nitrogen and oxygen atoms in total. The molecule has 4 rings (SSSR count). The molecule has 0 aliphatic carbocycles. The number of aromatic nitrogens is 2. The molecule has 3 aromatic rings. The Hall–Kier alpha value is -1.93. The Kier molecular flexibility index (Phi) is 5.70. The van der Waals surface area contributed by atoms with Gasteiger partial charge in [-0.1, -0.05) is 35.1 Å². The molecule has 1 aliphatic rings. The van der Waals surface area contributed by atoms with E-state index in [0.29, 0.717) is 22.6 Å². The first-order valence-electron chi connectivity index (χ1n) is 7.87. The maximum atomic E-state index is 8.78. The number of nitrogens with zero attached hydrogens (tertiary/aromatic N) is 2. The molecule has 1 fully saturated rings. The first kappa shape index (κ1) is 17.9. The Morgan fingerprint density at radius 2 is 2.12 bits per heavy atom. The van der Waals surface area contributed by atoms with Crippen LogP contribution in [-0.4, -0.2) is 34.4 Å². The van der Waals surface area contributed by atoms with E-state index in [-0.39, 0.29) is 6.10 Å². The van der Waals surface area contributed by atoms with Crippen molar-refractivity contribution < 1.29 is 9.84 Å². The summed E-state index contributed by atoms with van der Waals surface area (Å²) in [5, 5.41) is 9.88. The average molecular weight is 379 g/mol. The number of aliphatic hydroxyl groups excluding tert-OH is 1. The molecular weight excluding hydrogens is 360 g/mol. The number of thiazole rings is 1. The van der Waals surface area contributed by atoms with Gasteiger partial charge in [0.05, 0.1) is 28.0 Å². The van der Waals surface area contributed by atoms with E-state index in [2.05, 4.69) is 9.97 Å². The lowest BCUT2D eigenvalue weighted by Crippen LogP contribution is -2.21. The van der Waals surface area contributed by atoms with Crippen LogP contribution in [0.3, 0.4) is 0 Å². The molecule has 3 heterocycles. The summed E-state index contributed by atoms with van der Waals surface area (Å²) < 4.78 is 5.93. The van der Waals surface area contributed by atoms with E-state index >= 15 is 0 Å². The van der Waals surface area contributed by atoms with Crippen LogP contribution in [0.4, 0.5) is 10.9 Å². The molecule has 1 unspecified atom stereocenters. The Balaban J connectivity index is 0.000000219. The van der Waals surface area contributed by atoms with Crippen molar-refractivity contribution in [3.8, 4) is 11.1 Å². The van der Waals surface area contributed by atoms with Gasteiger partial charge in [-0.05, 0) is 25.0 Å². The van der Waals surface area contributed by atoms with Gasteiger partial charge in [-0.15, -0.1) is 0 Å². The summed E-state index contributed by atoms with van der Waals surface area (Å²) in [6, 6.07) is 7.57. The highest BCUT2D eigenvalue weighted by Crippen LogP contribution is 2.37. The quantitative estimate of drug-likeness (QED) is 0.599. The highest BCUT2D eigenvalue weighted by molar-refractivity contribution is 7.22. The number of rotatable bonds is 1. The summed E-state index contributed by atoms with van der Waals surface area (Å²) in [6.07, 6.45) is 3.30. The number of benzene rings is 1. The summed E-state index contributed by atoms with van der Waals surface area (Å²) in [6.45, 7) is 1.37. The second kappa shape index (κ2) is 7.97. The SMILES string of the molecule is Nc1cc(-c2cccc3nc(N)sc23)c(Cl)cn1.OC1CCCOC1. The smallest absolute Gasteiger partial charge is 0.181 e. The summed E-state index contributed by atoms with van der Waals surface area (Å²) >= 11 is 7.61. The van der Waals surface area contributed by atoms with Gasteiger partial charge >= 0.3 is 0 Å². The second-order valence-corrected chi connectivity index (χ2v) is 7.10. The van der Waals surface area contributed by atoms with Crippen LogP contribution in [0.25, 0.3) is 21.3 Å². The summed E-state index contributed by atoms with van der Waals surface area (Å²) in [7, 11) is 0. The molecule has 1 atom stereocenters. The number of pyridine rings is 1. The highest BCUT2D eigenvalue weighted by atomic mass is 35.5. The number of ether oxygens (including phenoxy) is 1. The number of fused-ring (bicyclic) bond motifs is 1. The Morgan fingerprint density at radius 3 is 2.80 bits per heavy atom. The maximum absolute atomic E-state index is 8.78. The normalized spacial score (nSPS) is 17.1. The zero-order chi connectivity index (χ0) is 17.8. The van der Waals surface area contributed by atoms with Gasteiger partial charge in [0.1, 0.15) is 5.82 Å². The minimum atomic E-state index is -0.186. The van der Waals surface area contributed by atoms with Crippen LogP contribution in [0.5, 0.6) is 0 Å². The molecule has 0 radical (unpaired) electrons. The van der Waals surface area contributed by atoms with Crippen LogP contribution >= 0.6 is 22.9 Å². The lowest BCUT2D eigenvalue weighted by molar-refractivity contribution is -0.00535. The van der Waals surface area contributed by atoms with Crippen molar-refractivity contribution >= 4 is 44.1 Å². The standard InChI is InChI=1S/C12H9ClN4S.C5H10O2/c13-8-5-16-10(14)4-7(8)6-2-1-3-9-11(6)18-12(15)17-9;6-5-2-1-3-7-4-5/h1-5H,(H2,14,16)(H2,15,17);5-6H,1-4H2. The number of hydrogen-bond acceptors (Lipinski definition) is 7. The number of aliphatic hydroxyl groups is 1. The minimum Gasteiger partial charge on any atom is -0.391 e. The van der Waals surface area contributed by atoms with Gasteiger partial charge in [-0.3, -0.25) is 0 Å². The first-order chi connectivity index (χ1) is 12.0. The van der Waals surface area contributed by atoms with Gasteiger partial charge in [0.15, 0.2) is 5.13 Å². The fourth-order valence-electron chi connectivity index (χ4n) is 2.56. The van der Waals surface area contributed by atoms with E-state index in [1.807, 2.05) is 18.2 Å². The van der Waals surface area contributed by atoms with Crippen LogP contribution < -0.4 is 11.5 Å². The van der Waals surface area contributed by atoms with Crippen molar-refractivity contribution in [2.75, 3.05) is 24.7 Å². The van der Waals surface area contributed by atoms with E-state index in [1.54, 1.807) is 12.3 Å². The van der Waals surface area contributed by atoms with E-state index < -0.39 is 0 Å². The third kappa shape index (κ3) is 4.38. The average Bonchev–Trinajstić information content (AvgIpc) is 2.98. The van der Waals surface area contributed by atoms with Crippen molar-refractivity contribution in [1.29, 1.82) is 0 Å². The number of anilines is 2. The van der Waals surface area contributed by atoms with E-state index in [9.17, 15) is 0 Å². The lowest BCUT2D eigenvalue weighted by atomic mass is 10.1. The van der Waals surface area contributed by atoms with Gasteiger partial charge < -0.3 is 21.3 Å². The number of hydrogen-bond donors (Lipinski definition) is 3. The zero-order valence-corrected chi connectivity index (χ0v) is 15.1. The summed E-state index contributed by atoms with van der Waals surface area (Å²) in [5.41, 5.74) is 14.1. The van der Waals surface area contributed by atoms with Gasteiger partial charge in [0, 0.05) is 23.9 Å². The van der Waals surface area contributed by atoms with Crippen LogP contribution in [0.15, 0.2) is 30.5 Å². The molecule has 1 saturated heterocycles. The van der Waals surface area contributed by atoms with Gasteiger partial charge in [-0.2, -0.15) is 0 Å². The van der Waals surface area contributed by atoms with Crippen molar-refractivity contribution in [3.63, 3.8) is 0 Å². The predicted molar refractivity (Wildman–Crippen MR) is 103 cm³/mol. The van der Waals surface area contributed by atoms with Crippen molar-refractivity contribution in [2.45, 2.75) is 18.9 Å². The second-order valence-electron chi connectivity index (χ2n) is 5.67. The van der Waals surface area contributed by atoms with Crippen LogP contribution in [-0.2, 0) is 4.74 Å². The number of nitrogen functional groups attached to an aromatic ring is 2. The van der Waals surface area contributed by atoms with Crippen molar-refractivity contribution in [1.82, 2.24) is 9.97 Å². The molecule has 0 amide bonds. The van der Waals surface area contributed by atoms with Gasteiger partial charge in [-0.25, -0.2) is 9.97 Å². The zero-order valence-electron chi connectivity index (χ0n) is 13.5. The van der Waals surface area contributed by atoms with Crippen LogP contribution in [0.1, 0.15) is 12.8 Å². The fourth-order valence-corrected chi connectivity index (χ4v) is 3.63. The minimum absolute atomic E-state index is 0.186. The fraction of sp³-hybridized carbons (Fsp3) is 0.294. The largest absolute Gasteiger partial charge is 0.391 e. The van der Waals surface area contributed by atoms with E-state index in [1.165, 1.54) is 11.3 Å². The van der Waals surface area contributed by atoms with Gasteiger partial charge in [0.2, 0.25) is 0 Å². The third-order valence-electron chi connectivity index (χ3n) is 3.73. The number of halogens is 1. The molecule has 1 aliphatic heterocycles. The monoisotopic (exact) mass is 378 g/mol. The highest BCUT2D eigenvalue weighted by Gasteiger charge is 2.11. The van der Waals surface area contributed by atoms with Crippen molar-refractivity contribution in [3.05, 3.63) is 35.5 Å². The molecule has 25 heavy (non-hydrogen) atoms. The lowest BCUT2D eigenvalue weighted by Gasteiger charge is -2.15. The van der Waals surface area contributed by atoms with E-state index in [0.717, 1.165) is 40.8 Å². The Labute approximate surface area is 154 Å². The third-order valence-corrected chi connectivity index (χ3v) is 4.97. The van der Waals surface area contributed by atoms with Crippen LogP contribution in [0.2, 0.25) is 5.02 Å². The van der Waals surface area contributed by atoms with E-state index in [4.69, 9.17) is 32.9 Å². The molecule has 0 spiro atoms. The molecule has 0 bridgehead atoms. The Morgan fingerprint density at radius 1 is 1.28 bits per heavy atom. The predicted octanol–water partition coefficient (Wildman–Crippen LogP) is 3.33. The summed E-state index contributed by atoms with van der Waals surface area (Å²) in [4.78, 5) is 8.22. The first-order valence-corrected chi connectivity index (χ1v) is 9.06. The molecule has 132 valence electrons. The number of nitrogens with two attached hydrogens (primary N) is 2. The summed E-state index contributed by atoms with van der Waals surface area (Å²) in [5.74, 6) is 0.434. The molecule has 8 heteroatoms. The maximum Gasteiger partial charge on any atom is 0.181 e. The molecule has 0 saturated carbocycles. The Bertz CT molecular complexity index is 865. The molecule has 5 N–H and O–H groups in total. The van der Waals surface area contributed by atoms with Gasteiger partial charge in [0.25, 0.3) is 0 Å². The topological polar surface area (TPSA) is 107 Å². The van der Waals surface area contributed by atoms with Crippen molar-refractivity contribution in [2.24, 2.45) is 0 Å². The molecular formula is C17H19ClN4O2S. The van der Waals surface area contributed by atoms with Crippen LogP contribution in [0, 0.1) is 0 Å².